The van der Waals surface area contributed by atoms with E-state index in [1.165, 1.54) is 17.0 Å². The second kappa shape index (κ2) is 8.68. The summed E-state index contributed by atoms with van der Waals surface area (Å²) in [5.41, 5.74) is 4.41. The third kappa shape index (κ3) is 4.61. The lowest BCUT2D eigenvalue weighted by Crippen LogP contribution is -2.48. The highest BCUT2D eigenvalue weighted by molar-refractivity contribution is 5.83. The molecular formula is C24H28FN3O. The third-order valence-corrected chi connectivity index (χ3v) is 5.81. The quantitative estimate of drug-likeness (QED) is 0.636. The fraction of sp³-hybridized carbons (Fsp3) is 0.375. The van der Waals surface area contributed by atoms with E-state index in [1.54, 1.807) is 6.07 Å². The van der Waals surface area contributed by atoms with Crippen molar-refractivity contribution in [3.05, 3.63) is 65.6 Å². The number of nitrogens with zero attached hydrogens (tertiary/aromatic N) is 1. The Kier molecular flexibility index (Phi) is 5.84. The molecule has 2 aromatic carbocycles. The highest BCUT2D eigenvalue weighted by Crippen LogP contribution is 2.25. The first kappa shape index (κ1) is 19.5. The van der Waals surface area contributed by atoms with Crippen molar-refractivity contribution in [1.82, 2.24) is 10.3 Å². The predicted molar refractivity (Wildman–Crippen MR) is 116 cm³/mol. The Morgan fingerprint density at radius 3 is 3.00 bits per heavy atom. The number of nitrogens with one attached hydrogen (secondary N) is 2. The highest BCUT2D eigenvalue weighted by atomic mass is 19.1. The van der Waals surface area contributed by atoms with Gasteiger partial charge in [-0.25, -0.2) is 4.39 Å². The zero-order valence-corrected chi connectivity index (χ0v) is 16.9. The number of carbonyl (C=O) groups is 1. The van der Waals surface area contributed by atoms with Gasteiger partial charge in [0.05, 0.1) is 0 Å². The number of amides is 1. The van der Waals surface area contributed by atoms with Crippen LogP contribution in [0.1, 0.15) is 36.8 Å². The van der Waals surface area contributed by atoms with Gasteiger partial charge in [-0.3, -0.25) is 4.79 Å². The first-order valence-electron chi connectivity index (χ1n) is 10.5. The summed E-state index contributed by atoms with van der Waals surface area (Å²) >= 11 is 0. The Hall–Kier alpha value is -2.82. The van der Waals surface area contributed by atoms with Crippen molar-refractivity contribution in [2.45, 2.75) is 45.1 Å². The van der Waals surface area contributed by atoms with E-state index in [0.29, 0.717) is 6.42 Å². The number of halogens is 1. The number of rotatable bonds is 6. The van der Waals surface area contributed by atoms with E-state index in [4.69, 9.17) is 0 Å². The number of piperidine rings is 1. The number of H-pyrrole nitrogens is 1. The third-order valence-electron chi connectivity index (χ3n) is 5.81. The van der Waals surface area contributed by atoms with E-state index in [9.17, 15) is 9.18 Å². The number of aryl methyl sites for hydroxylation is 2. The lowest BCUT2D eigenvalue weighted by Gasteiger charge is -2.35. The molecule has 1 aliphatic heterocycles. The molecule has 4 rings (SSSR count). The molecule has 1 amide bonds. The van der Waals surface area contributed by atoms with Crippen molar-refractivity contribution in [3.8, 4) is 0 Å². The lowest BCUT2D eigenvalue weighted by atomic mass is 10.0. The summed E-state index contributed by atoms with van der Waals surface area (Å²) < 4.78 is 13.4. The highest BCUT2D eigenvalue weighted by Gasteiger charge is 2.22. The van der Waals surface area contributed by atoms with E-state index < -0.39 is 0 Å². The van der Waals surface area contributed by atoms with Crippen LogP contribution in [0.5, 0.6) is 0 Å². The Labute approximate surface area is 171 Å². The topological polar surface area (TPSA) is 48.1 Å². The van der Waals surface area contributed by atoms with Crippen molar-refractivity contribution >= 4 is 22.5 Å². The van der Waals surface area contributed by atoms with Gasteiger partial charge in [0, 0.05) is 48.3 Å². The molecule has 1 fully saturated rings. The summed E-state index contributed by atoms with van der Waals surface area (Å²) in [7, 11) is 0. The van der Waals surface area contributed by atoms with Gasteiger partial charge in [-0.15, -0.1) is 0 Å². The molecule has 1 aromatic heterocycles. The van der Waals surface area contributed by atoms with Crippen LogP contribution >= 0.6 is 0 Å². The van der Waals surface area contributed by atoms with Gasteiger partial charge in [-0.05, 0) is 68.0 Å². The van der Waals surface area contributed by atoms with Crippen LogP contribution in [0.3, 0.4) is 0 Å². The molecular weight excluding hydrogens is 365 g/mol. The van der Waals surface area contributed by atoms with E-state index in [2.05, 4.69) is 27.3 Å². The van der Waals surface area contributed by atoms with Crippen LogP contribution in [0, 0.1) is 12.7 Å². The lowest BCUT2D eigenvalue weighted by molar-refractivity contribution is -0.121. The molecule has 5 heteroatoms. The van der Waals surface area contributed by atoms with Crippen LogP contribution in [0.4, 0.5) is 10.1 Å². The molecule has 4 nitrogen and oxygen atoms in total. The molecule has 2 heterocycles. The smallest absolute Gasteiger partial charge is 0.220 e. The minimum absolute atomic E-state index is 0.118. The number of benzene rings is 2. The molecule has 1 saturated heterocycles. The van der Waals surface area contributed by atoms with Crippen molar-refractivity contribution in [2.75, 3.05) is 18.0 Å². The number of hydrogen-bond donors (Lipinski definition) is 2. The Morgan fingerprint density at radius 1 is 1.28 bits per heavy atom. The van der Waals surface area contributed by atoms with Crippen LogP contribution in [-0.4, -0.2) is 30.0 Å². The van der Waals surface area contributed by atoms with Crippen LogP contribution in [-0.2, 0) is 11.2 Å². The summed E-state index contributed by atoms with van der Waals surface area (Å²) in [5, 5.41) is 4.45. The summed E-state index contributed by atoms with van der Waals surface area (Å²) in [4.78, 5) is 18.0. The van der Waals surface area contributed by atoms with Crippen molar-refractivity contribution in [1.29, 1.82) is 0 Å². The standard InChI is InChI=1S/C24H28FN3O/c1-17-14-19(25)11-12-23(17)28-13-5-7-20(16-28)27-24(29)10-4-6-18-15-26-22-9-3-2-8-21(18)22/h2-3,8-9,11-12,14-15,20,26H,4-7,10,13,16H2,1H3,(H,27,29). The normalized spacial score (nSPS) is 16.9. The molecule has 0 bridgehead atoms. The average molecular weight is 394 g/mol. The van der Waals surface area contributed by atoms with Gasteiger partial charge >= 0.3 is 0 Å². The van der Waals surface area contributed by atoms with Gasteiger partial charge in [0.25, 0.3) is 0 Å². The molecule has 2 N–H and O–H groups in total. The molecule has 0 saturated carbocycles. The fourth-order valence-corrected chi connectivity index (χ4v) is 4.37. The molecule has 29 heavy (non-hydrogen) atoms. The fourth-order valence-electron chi connectivity index (χ4n) is 4.37. The number of hydrogen-bond acceptors (Lipinski definition) is 2. The van der Waals surface area contributed by atoms with Gasteiger partial charge in [0.15, 0.2) is 0 Å². The van der Waals surface area contributed by atoms with Gasteiger partial charge in [0.2, 0.25) is 5.91 Å². The van der Waals surface area contributed by atoms with E-state index in [0.717, 1.165) is 55.5 Å². The Bertz CT molecular complexity index is 997. The summed E-state index contributed by atoms with van der Waals surface area (Å²) in [6, 6.07) is 13.3. The predicted octanol–water partition coefficient (Wildman–Crippen LogP) is 4.72. The monoisotopic (exact) mass is 393 g/mol. The van der Waals surface area contributed by atoms with Crippen LogP contribution in [0.2, 0.25) is 0 Å². The first-order chi connectivity index (χ1) is 14.1. The Balaban J connectivity index is 1.28. The maximum atomic E-state index is 13.4. The summed E-state index contributed by atoms with van der Waals surface area (Å²) in [5.74, 6) is -0.0872. The molecule has 152 valence electrons. The molecule has 0 spiro atoms. The minimum Gasteiger partial charge on any atom is -0.369 e. The minimum atomic E-state index is -0.205. The van der Waals surface area contributed by atoms with E-state index >= 15 is 0 Å². The van der Waals surface area contributed by atoms with Crippen molar-refractivity contribution in [2.24, 2.45) is 0 Å². The zero-order valence-electron chi connectivity index (χ0n) is 16.9. The summed E-state index contributed by atoms with van der Waals surface area (Å²) in [6.07, 6.45) is 6.32. The number of fused-ring (bicyclic) bond motifs is 1. The van der Waals surface area contributed by atoms with Crippen molar-refractivity contribution < 1.29 is 9.18 Å². The average Bonchev–Trinajstić information content (AvgIpc) is 3.11. The van der Waals surface area contributed by atoms with E-state index in [-0.39, 0.29) is 17.8 Å². The number of para-hydroxylation sites is 1. The molecule has 3 aromatic rings. The van der Waals surface area contributed by atoms with E-state index in [1.807, 2.05) is 31.3 Å². The Morgan fingerprint density at radius 2 is 2.14 bits per heavy atom. The summed E-state index contributed by atoms with van der Waals surface area (Å²) in [6.45, 7) is 3.66. The van der Waals surface area contributed by atoms with Crippen LogP contribution in [0.15, 0.2) is 48.7 Å². The van der Waals surface area contributed by atoms with Gasteiger partial charge in [0.1, 0.15) is 5.82 Å². The van der Waals surface area contributed by atoms with Crippen molar-refractivity contribution in [3.63, 3.8) is 0 Å². The number of carbonyl (C=O) groups excluding carboxylic acids is 1. The maximum absolute atomic E-state index is 13.4. The zero-order chi connectivity index (χ0) is 20.2. The molecule has 1 atom stereocenters. The first-order valence-corrected chi connectivity index (χ1v) is 10.5. The largest absolute Gasteiger partial charge is 0.369 e. The molecule has 1 unspecified atom stereocenters. The SMILES string of the molecule is Cc1cc(F)ccc1N1CCCC(NC(=O)CCCc2c[nH]c3ccccc23)C1. The van der Waals surface area contributed by atoms with Gasteiger partial charge in [-0.2, -0.15) is 0 Å². The number of aromatic nitrogens is 1. The number of aromatic amines is 1. The van der Waals surface area contributed by atoms with Crippen LogP contribution < -0.4 is 10.2 Å². The molecule has 1 aliphatic rings. The second-order valence-corrected chi connectivity index (χ2v) is 8.00. The second-order valence-electron chi connectivity index (χ2n) is 8.00. The maximum Gasteiger partial charge on any atom is 0.220 e. The molecule has 0 aliphatic carbocycles. The van der Waals surface area contributed by atoms with Crippen LogP contribution in [0.25, 0.3) is 10.9 Å². The van der Waals surface area contributed by atoms with Gasteiger partial charge in [-0.1, -0.05) is 18.2 Å². The van der Waals surface area contributed by atoms with Gasteiger partial charge < -0.3 is 15.2 Å². The number of anilines is 1. The molecule has 0 radical (unpaired) electrons.